The Labute approximate surface area is 111 Å². The number of carbonyl (C=O) groups excluding carboxylic acids is 2. The maximum absolute atomic E-state index is 13.1. The zero-order valence-corrected chi connectivity index (χ0v) is 10.2. The molecule has 8 nitrogen and oxygen atoms in total. The van der Waals surface area contributed by atoms with Gasteiger partial charge in [-0.25, -0.2) is 9.59 Å². The minimum absolute atomic E-state index is 0.0789. The molecule has 0 aromatic rings. The van der Waals surface area contributed by atoms with Gasteiger partial charge in [0.25, 0.3) is 0 Å². The number of halogens is 2. The highest BCUT2D eigenvalue weighted by Crippen LogP contribution is 2.32. The molecular weight excluding hydrogens is 280 g/mol. The van der Waals surface area contributed by atoms with Crippen molar-refractivity contribution in [3.63, 3.8) is 0 Å². The molecule has 0 aliphatic carbocycles. The van der Waals surface area contributed by atoms with E-state index < -0.39 is 36.1 Å². The number of hydrogen-bond donors (Lipinski definition) is 2. The van der Waals surface area contributed by atoms with Crippen molar-refractivity contribution < 1.29 is 33.1 Å². The molecule has 110 valence electrons. The molecule has 3 amide bonds. The first-order chi connectivity index (χ1) is 9.15. The molecule has 0 spiro atoms. The smallest absolute Gasteiger partial charge is 0.475 e. The van der Waals surface area contributed by atoms with Crippen LogP contribution in [0, 0.1) is 0 Å². The number of carboxylic acids is 1. The van der Waals surface area contributed by atoms with E-state index >= 15 is 0 Å². The second-order valence-electron chi connectivity index (χ2n) is 4.45. The molecule has 2 aliphatic heterocycles. The van der Waals surface area contributed by atoms with Crippen LogP contribution < -0.4 is 5.73 Å². The summed E-state index contributed by atoms with van der Waals surface area (Å²) in [5.41, 5.74) is 5.53. The lowest BCUT2D eigenvalue weighted by Crippen LogP contribution is -2.47. The van der Waals surface area contributed by atoms with Gasteiger partial charge >= 0.3 is 18.1 Å². The number of amides is 3. The van der Waals surface area contributed by atoms with Gasteiger partial charge in [-0.05, 0) is 12.5 Å². The topological polar surface area (TPSA) is 113 Å². The van der Waals surface area contributed by atoms with E-state index in [1.165, 1.54) is 13.0 Å². The van der Waals surface area contributed by atoms with E-state index in [1.54, 1.807) is 0 Å². The van der Waals surface area contributed by atoms with Crippen LogP contribution in [-0.4, -0.2) is 57.7 Å². The summed E-state index contributed by atoms with van der Waals surface area (Å²) in [6.45, 7) is 1.43. The number of carbonyl (C=O) groups is 3. The Bertz CT molecular complexity index is 521. The molecule has 0 aromatic carbocycles. The van der Waals surface area contributed by atoms with E-state index in [4.69, 9.17) is 10.8 Å². The van der Waals surface area contributed by atoms with Crippen LogP contribution in [-0.2, 0) is 14.4 Å². The number of nitrogens with two attached hydrogens (primary N) is 1. The molecule has 2 atom stereocenters. The molecule has 20 heavy (non-hydrogen) atoms. The normalized spacial score (nSPS) is 25.8. The third-order valence-electron chi connectivity index (χ3n) is 3.12. The van der Waals surface area contributed by atoms with Crippen molar-refractivity contribution in [2.45, 2.75) is 25.1 Å². The number of hydrogen-bond acceptors (Lipinski definition) is 4. The number of urea groups is 1. The van der Waals surface area contributed by atoms with Crippen molar-refractivity contribution in [1.29, 1.82) is 0 Å². The maximum Gasteiger partial charge on any atom is 0.476 e. The van der Waals surface area contributed by atoms with Gasteiger partial charge in [0.15, 0.2) is 0 Å². The fourth-order valence-corrected chi connectivity index (χ4v) is 2.11. The van der Waals surface area contributed by atoms with Crippen LogP contribution in [0.2, 0.25) is 0 Å². The van der Waals surface area contributed by atoms with Gasteiger partial charge in [0.2, 0.25) is 5.91 Å². The lowest BCUT2D eigenvalue weighted by Gasteiger charge is -2.26. The Kier molecular flexibility index (Phi) is 3.12. The largest absolute Gasteiger partial charge is 0.476 e. The minimum Gasteiger partial charge on any atom is -0.475 e. The van der Waals surface area contributed by atoms with E-state index in [-0.39, 0.29) is 11.6 Å². The summed E-state index contributed by atoms with van der Waals surface area (Å²) >= 11 is 0. The summed E-state index contributed by atoms with van der Waals surface area (Å²) in [6.07, 6.45) is -3.19. The molecule has 2 bridgehead atoms. The summed E-state index contributed by atoms with van der Waals surface area (Å²) in [7, 11) is 0. The lowest BCUT2D eigenvalue weighted by molar-refractivity contribution is -0.324. The Morgan fingerprint density at radius 2 is 2.15 bits per heavy atom. The quantitative estimate of drug-likeness (QED) is 0.679. The van der Waals surface area contributed by atoms with Crippen molar-refractivity contribution in [3.05, 3.63) is 11.6 Å². The molecule has 1 fully saturated rings. The molecule has 0 radical (unpaired) electrons. The molecule has 0 saturated carbocycles. The number of rotatable bonds is 4. The summed E-state index contributed by atoms with van der Waals surface area (Å²) < 4.78 is 26.1. The van der Waals surface area contributed by atoms with Crippen LogP contribution in [0.3, 0.4) is 0 Å². The molecular formula is C10H11F2N3O5. The standard InChI is InChI=1S/C10H11F2N3O5/c1-4-2-5(7(13)16)14-3-6(4)15(9(14)19)20-10(11,12)8(17)18/h2,5-6H,3H2,1H3,(H2,13,16)(H,17,18)/t5-,6?/m0/s1. The van der Waals surface area contributed by atoms with Crippen molar-refractivity contribution in [2.24, 2.45) is 5.73 Å². The van der Waals surface area contributed by atoms with E-state index in [1.807, 2.05) is 0 Å². The molecule has 2 rings (SSSR count). The predicted octanol–water partition coefficient (Wildman–Crippen LogP) is -0.485. The maximum atomic E-state index is 13.1. The van der Waals surface area contributed by atoms with Crippen LogP contribution in [0.25, 0.3) is 0 Å². The van der Waals surface area contributed by atoms with Crippen LogP contribution in [0.5, 0.6) is 0 Å². The minimum atomic E-state index is -4.54. The fourth-order valence-electron chi connectivity index (χ4n) is 2.11. The predicted molar refractivity (Wildman–Crippen MR) is 58.1 cm³/mol. The fraction of sp³-hybridized carbons (Fsp3) is 0.500. The number of hydroxylamine groups is 2. The Balaban J connectivity index is 2.28. The highest BCUT2D eigenvalue weighted by molar-refractivity contribution is 5.90. The second-order valence-corrected chi connectivity index (χ2v) is 4.45. The zero-order valence-electron chi connectivity index (χ0n) is 10.2. The molecule has 2 aliphatic rings. The van der Waals surface area contributed by atoms with Crippen molar-refractivity contribution in [1.82, 2.24) is 9.96 Å². The summed E-state index contributed by atoms with van der Waals surface area (Å²) in [5.74, 6) is -3.34. The van der Waals surface area contributed by atoms with Crippen LogP contribution in [0.1, 0.15) is 6.92 Å². The van der Waals surface area contributed by atoms with E-state index in [0.29, 0.717) is 5.57 Å². The third-order valence-corrected chi connectivity index (χ3v) is 3.12. The van der Waals surface area contributed by atoms with E-state index in [2.05, 4.69) is 4.84 Å². The molecule has 3 N–H and O–H groups in total. The van der Waals surface area contributed by atoms with Gasteiger partial charge in [-0.1, -0.05) is 6.08 Å². The third kappa shape index (κ3) is 2.07. The van der Waals surface area contributed by atoms with Crippen molar-refractivity contribution in [2.75, 3.05) is 6.54 Å². The first-order valence-corrected chi connectivity index (χ1v) is 5.53. The van der Waals surface area contributed by atoms with Crippen molar-refractivity contribution in [3.8, 4) is 0 Å². The second kappa shape index (κ2) is 4.40. The van der Waals surface area contributed by atoms with Gasteiger partial charge in [0, 0.05) is 0 Å². The summed E-state index contributed by atoms with van der Waals surface area (Å²) in [5, 5.41) is 8.59. The number of alkyl halides is 2. The zero-order chi connectivity index (χ0) is 15.2. The average molecular weight is 291 g/mol. The number of nitrogens with zero attached hydrogens (tertiary/aromatic N) is 2. The Hall–Kier alpha value is -2.23. The van der Waals surface area contributed by atoms with Gasteiger partial charge in [-0.3, -0.25) is 4.79 Å². The van der Waals surface area contributed by atoms with Crippen LogP contribution in [0.15, 0.2) is 11.6 Å². The first kappa shape index (κ1) is 14.2. The number of aliphatic carboxylic acids is 1. The summed E-state index contributed by atoms with van der Waals surface area (Å²) in [4.78, 5) is 38.4. The first-order valence-electron chi connectivity index (χ1n) is 5.53. The monoisotopic (exact) mass is 291 g/mol. The lowest BCUT2D eigenvalue weighted by atomic mass is 10.0. The highest BCUT2D eigenvalue weighted by atomic mass is 19.3. The van der Waals surface area contributed by atoms with E-state index in [0.717, 1.165) is 4.90 Å². The average Bonchev–Trinajstić information content (AvgIpc) is 2.59. The van der Waals surface area contributed by atoms with Crippen molar-refractivity contribution >= 4 is 17.9 Å². The Morgan fingerprint density at radius 1 is 1.55 bits per heavy atom. The molecule has 1 unspecified atom stereocenters. The van der Waals surface area contributed by atoms with Gasteiger partial charge in [-0.2, -0.15) is 18.7 Å². The van der Waals surface area contributed by atoms with Gasteiger partial charge in [0.05, 0.1) is 6.54 Å². The molecule has 2 heterocycles. The molecule has 1 saturated heterocycles. The number of primary amides is 1. The van der Waals surface area contributed by atoms with E-state index in [9.17, 15) is 23.2 Å². The summed E-state index contributed by atoms with van der Waals surface area (Å²) in [6, 6.07) is -2.98. The van der Waals surface area contributed by atoms with Gasteiger partial charge < -0.3 is 15.7 Å². The highest BCUT2D eigenvalue weighted by Gasteiger charge is 2.53. The number of carboxylic acid groups (broad SMARTS) is 1. The molecule has 0 aromatic heterocycles. The van der Waals surface area contributed by atoms with Crippen LogP contribution >= 0.6 is 0 Å². The SMILES string of the molecule is CC1=C[C@@H](C(N)=O)N2CC1N(OC(F)(F)C(=O)O)C2=O. The molecule has 10 heteroatoms. The number of fused-ring (bicyclic) bond motifs is 2. The van der Waals surface area contributed by atoms with Crippen LogP contribution in [0.4, 0.5) is 13.6 Å². The Morgan fingerprint density at radius 3 is 2.65 bits per heavy atom. The van der Waals surface area contributed by atoms with Gasteiger partial charge in [-0.15, -0.1) is 0 Å². The van der Waals surface area contributed by atoms with Gasteiger partial charge in [0.1, 0.15) is 12.1 Å².